The Hall–Kier alpha value is -0.530. The normalized spacial score (nSPS) is 29.5. The van der Waals surface area contributed by atoms with Crippen molar-refractivity contribution < 1.29 is 4.74 Å². The molecule has 2 heteroatoms. The number of nitrogens with one attached hydrogen (secondary N) is 1. The minimum absolute atomic E-state index is 0.0926. The highest BCUT2D eigenvalue weighted by molar-refractivity contribution is 5.80. The lowest BCUT2D eigenvalue weighted by atomic mass is 9.53. The van der Waals surface area contributed by atoms with Crippen LogP contribution in [0.15, 0.2) is 0 Å². The molecule has 1 N–H and O–H groups in total. The van der Waals surface area contributed by atoms with Crippen LogP contribution >= 0.6 is 0 Å². The first-order valence-corrected chi connectivity index (χ1v) is 4.85. The predicted octanol–water partition coefficient (Wildman–Crippen LogP) is 3.07. The summed E-state index contributed by atoms with van der Waals surface area (Å²) in [5, 5.41) is 7.80. The van der Waals surface area contributed by atoms with Crippen LogP contribution in [0.1, 0.15) is 41.5 Å². The molecule has 1 heterocycles. The van der Waals surface area contributed by atoms with Gasteiger partial charge in [0.25, 0.3) is 0 Å². The molecule has 1 saturated heterocycles. The molecule has 0 unspecified atom stereocenters. The maximum Gasteiger partial charge on any atom is 0.186 e. The predicted molar refractivity (Wildman–Crippen MR) is 55.0 cm³/mol. The molecule has 0 aliphatic carbocycles. The van der Waals surface area contributed by atoms with Gasteiger partial charge in [0, 0.05) is 10.8 Å². The van der Waals surface area contributed by atoms with E-state index in [1.54, 1.807) is 0 Å². The topological polar surface area (TPSA) is 33.1 Å². The van der Waals surface area contributed by atoms with Crippen molar-refractivity contribution in [2.75, 3.05) is 6.61 Å². The summed E-state index contributed by atoms with van der Waals surface area (Å²) in [7, 11) is 0. The number of ether oxygens (including phenoxy) is 1. The standard InChI is InChI=1S/C11H21NO/c1-9(2)7-13-8(12)10(3,4)11(9,5)6/h12H,7H2,1-6H3. The number of hydrogen-bond acceptors (Lipinski definition) is 2. The van der Waals surface area contributed by atoms with Gasteiger partial charge in [-0.15, -0.1) is 0 Å². The van der Waals surface area contributed by atoms with E-state index >= 15 is 0 Å². The largest absolute Gasteiger partial charge is 0.480 e. The molecule has 0 saturated carbocycles. The molecule has 1 rings (SSSR count). The van der Waals surface area contributed by atoms with E-state index in [1.165, 1.54) is 0 Å². The lowest BCUT2D eigenvalue weighted by Crippen LogP contribution is -2.55. The van der Waals surface area contributed by atoms with E-state index in [2.05, 4.69) is 41.5 Å². The van der Waals surface area contributed by atoms with Crippen molar-refractivity contribution in [3.05, 3.63) is 0 Å². The molecule has 0 atom stereocenters. The lowest BCUT2D eigenvalue weighted by Gasteiger charge is -2.55. The molecule has 0 spiro atoms. The van der Waals surface area contributed by atoms with Gasteiger partial charge in [-0.3, -0.25) is 5.41 Å². The fourth-order valence-corrected chi connectivity index (χ4v) is 1.74. The summed E-state index contributed by atoms with van der Waals surface area (Å²) in [6.45, 7) is 13.7. The average molecular weight is 183 g/mol. The smallest absolute Gasteiger partial charge is 0.186 e. The van der Waals surface area contributed by atoms with Gasteiger partial charge in [-0.25, -0.2) is 0 Å². The second-order valence-corrected chi connectivity index (χ2v) is 5.75. The first-order chi connectivity index (χ1) is 5.63. The summed E-state index contributed by atoms with van der Waals surface area (Å²) in [6, 6.07) is 0. The first kappa shape index (κ1) is 10.6. The van der Waals surface area contributed by atoms with Gasteiger partial charge in [0.1, 0.15) is 0 Å². The third-order valence-electron chi connectivity index (χ3n) is 4.40. The minimum Gasteiger partial charge on any atom is -0.480 e. The maximum atomic E-state index is 7.80. The van der Waals surface area contributed by atoms with E-state index in [9.17, 15) is 0 Å². The Bertz CT molecular complexity index is 238. The molecule has 0 aromatic heterocycles. The van der Waals surface area contributed by atoms with Crippen LogP contribution in [0.2, 0.25) is 0 Å². The van der Waals surface area contributed by atoms with Crippen molar-refractivity contribution in [1.82, 2.24) is 0 Å². The van der Waals surface area contributed by atoms with Gasteiger partial charge in [-0.1, -0.05) is 41.5 Å². The zero-order valence-corrected chi connectivity index (χ0v) is 9.62. The second-order valence-electron chi connectivity index (χ2n) is 5.75. The van der Waals surface area contributed by atoms with Crippen molar-refractivity contribution in [2.24, 2.45) is 16.2 Å². The highest BCUT2D eigenvalue weighted by Gasteiger charge is 2.54. The third-order valence-corrected chi connectivity index (χ3v) is 4.40. The summed E-state index contributed by atoms with van der Waals surface area (Å²) >= 11 is 0. The Morgan fingerprint density at radius 1 is 1.08 bits per heavy atom. The second kappa shape index (κ2) is 2.49. The van der Waals surface area contributed by atoms with Gasteiger partial charge in [0.2, 0.25) is 0 Å². The van der Waals surface area contributed by atoms with Crippen LogP contribution in [0.3, 0.4) is 0 Å². The van der Waals surface area contributed by atoms with Crippen molar-refractivity contribution in [1.29, 1.82) is 5.41 Å². The van der Waals surface area contributed by atoms with Gasteiger partial charge in [-0.05, 0) is 5.41 Å². The Morgan fingerprint density at radius 3 is 1.92 bits per heavy atom. The van der Waals surface area contributed by atoms with Crippen molar-refractivity contribution >= 4 is 5.90 Å². The number of rotatable bonds is 0. The Labute approximate surface area is 81.2 Å². The van der Waals surface area contributed by atoms with E-state index in [0.29, 0.717) is 12.5 Å². The summed E-state index contributed by atoms with van der Waals surface area (Å²) in [6.07, 6.45) is 0. The van der Waals surface area contributed by atoms with Crippen molar-refractivity contribution in [3.63, 3.8) is 0 Å². The molecular weight excluding hydrogens is 162 g/mol. The molecule has 0 radical (unpaired) electrons. The van der Waals surface area contributed by atoms with Gasteiger partial charge >= 0.3 is 0 Å². The van der Waals surface area contributed by atoms with E-state index in [1.807, 2.05) is 0 Å². The Morgan fingerprint density at radius 2 is 1.54 bits per heavy atom. The minimum atomic E-state index is -0.172. The molecule has 2 nitrogen and oxygen atoms in total. The first-order valence-electron chi connectivity index (χ1n) is 4.85. The zero-order chi connectivity index (χ0) is 10.5. The molecule has 0 aromatic rings. The van der Waals surface area contributed by atoms with Crippen LogP contribution in [0.4, 0.5) is 0 Å². The van der Waals surface area contributed by atoms with Crippen molar-refractivity contribution in [2.45, 2.75) is 41.5 Å². The van der Waals surface area contributed by atoms with Crippen LogP contribution in [0, 0.1) is 21.7 Å². The Kier molecular flexibility index (Phi) is 2.02. The Balaban J connectivity index is 3.14. The SMILES string of the molecule is CC1(C)COC(=N)C(C)(C)C1(C)C. The van der Waals surface area contributed by atoms with E-state index < -0.39 is 0 Å². The van der Waals surface area contributed by atoms with Crippen LogP contribution in [0.5, 0.6) is 0 Å². The molecule has 1 aliphatic heterocycles. The fraction of sp³-hybridized carbons (Fsp3) is 0.909. The quantitative estimate of drug-likeness (QED) is 0.615. The molecule has 0 amide bonds. The summed E-state index contributed by atoms with van der Waals surface area (Å²) in [5.74, 6) is 0.428. The van der Waals surface area contributed by atoms with Crippen LogP contribution < -0.4 is 0 Å². The van der Waals surface area contributed by atoms with E-state index in [0.717, 1.165) is 0 Å². The van der Waals surface area contributed by atoms with E-state index in [4.69, 9.17) is 10.1 Å². The van der Waals surface area contributed by atoms with Gasteiger partial charge in [0.05, 0.1) is 6.61 Å². The average Bonchev–Trinajstić information content (AvgIpc) is 1.97. The van der Waals surface area contributed by atoms with Gasteiger partial charge in [-0.2, -0.15) is 0 Å². The summed E-state index contributed by atoms with van der Waals surface area (Å²) in [5.41, 5.74) is 0.0468. The molecule has 0 bridgehead atoms. The van der Waals surface area contributed by atoms with Gasteiger partial charge < -0.3 is 4.74 Å². The monoisotopic (exact) mass is 183 g/mol. The lowest BCUT2D eigenvalue weighted by molar-refractivity contribution is -0.0671. The van der Waals surface area contributed by atoms with Gasteiger partial charge in [0.15, 0.2) is 5.90 Å². The molecular formula is C11H21NO. The van der Waals surface area contributed by atoms with Crippen LogP contribution in [0.25, 0.3) is 0 Å². The molecule has 1 fully saturated rings. The van der Waals surface area contributed by atoms with Crippen molar-refractivity contribution in [3.8, 4) is 0 Å². The highest BCUT2D eigenvalue weighted by Crippen LogP contribution is 2.54. The van der Waals surface area contributed by atoms with E-state index in [-0.39, 0.29) is 16.2 Å². The zero-order valence-electron chi connectivity index (χ0n) is 9.62. The molecule has 76 valence electrons. The summed E-state index contributed by atoms with van der Waals surface area (Å²) in [4.78, 5) is 0. The van der Waals surface area contributed by atoms with Crippen LogP contribution in [-0.4, -0.2) is 12.5 Å². The molecule has 13 heavy (non-hydrogen) atoms. The molecule has 1 aliphatic rings. The highest BCUT2D eigenvalue weighted by atomic mass is 16.5. The number of hydrogen-bond donors (Lipinski definition) is 1. The van der Waals surface area contributed by atoms with Crippen LogP contribution in [-0.2, 0) is 4.74 Å². The molecule has 0 aromatic carbocycles. The summed E-state index contributed by atoms with van der Waals surface area (Å²) < 4.78 is 5.43. The fourth-order valence-electron chi connectivity index (χ4n) is 1.74. The maximum absolute atomic E-state index is 7.80. The third kappa shape index (κ3) is 1.18.